The maximum Gasteiger partial charge on any atom is 0.216 e. The summed E-state index contributed by atoms with van der Waals surface area (Å²) in [5.74, 6) is 1.14. The van der Waals surface area contributed by atoms with E-state index in [1.165, 1.54) is 5.56 Å². The second-order valence-electron chi connectivity index (χ2n) is 5.43. The number of aromatic hydroxyl groups is 1. The quantitative estimate of drug-likeness (QED) is 0.538. The summed E-state index contributed by atoms with van der Waals surface area (Å²) in [6.45, 7) is 4.36. The van der Waals surface area contributed by atoms with Crippen molar-refractivity contribution in [3.63, 3.8) is 0 Å². The zero-order chi connectivity index (χ0) is 17.8. The summed E-state index contributed by atoms with van der Waals surface area (Å²) in [5.41, 5.74) is 2.86. The molecule has 0 fully saturated rings. The minimum Gasteiger partial charge on any atom is -0.504 e. The topological polar surface area (TPSA) is 75.4 Å². The molecule has 2 N–H and O–H groups in total. The number of aryl methyl sites for hydroxylation is 1. The van der Waals surface area contributed by atoms with Crippen LogP contribution < -0.4 is 4.74 Å². The van der Waals surface area contributed by atoms with Crippen LogP contribution in [0.25, 0.3) is 11.4 Å². The van der Waals surface area contributed by atoms with Crippen molar-refractivity contribution in [1.29, 1.82) is 0 Å². The van der Waals surface area contributed by atoms with Gasteiger partial charge in [0, 0.05) is 5.56 Å². The van der Waals surface area contributed by atoms with Gasteiger partial charge in [0.25, 0.3) is 0 Å². The Morgan fingerprint density at radius 1 is 1.28 bits per heavy atom. The van der Waals surface area contributed by atoms with Crippen LogP contribution in [0.3, 0.4) is 0 Å². The molecule has 0 aliphatic carbocycles. The van der Waals surface area contributed by atoms with E-state index in [-0.39, 0.29) is 5.75 Å². The van der Waals surface area contributed by atoms with Crippen LogP contribution in [0, 0.1) is 11.7 Å². The van der Waals surface area contributed by atoms with Crippen LogP contribution in [0.5, 0.6) is 11.5 Å². The monoisotopic (exact) mass is 354 g/mol. The van der Waals surface area contributed by atoms with Crippen LogP contribution in [0.1, 0.15) is 18.1 Å². The number of phenolic OH excluding ortho intramolecular Hbond substituents is 1. The number of nitrogens with zero attached hydrogens (tertiary/aromatic N) is 3. The Morgan fingerprint density at radius 2 is 2.04 bits per heavy atom. The van der Waals surface area contributed by atoms with Gasteiger partial charge in [0.2, 0.25) is 4.77 Å². The number of benzene rings is 2. The molecule has 2 aromatic carbocycles. The van der Waals surface area contributed by atoms with E-state index >= 15 is 0 Å². The fraction of sp³-hybridized carbons (Fsp3) is 0.167. The van der Waals surface area contributed by atoms with Crippen LogP contribution in [0.4, 0.5) is 0 Å². The van der Waals surface area contributed by atoms with Crippen LogP contribution in [0.2, 0.25) is 0 Å². The SMILES string of the molecule is CCOc1cc(/C=N\n2c(-c3ccc(C)cc3)n[nH]c2=S)ccc1O. The summed E-state index contributed by atoms with van der Waals surface area (Å²) >= 11 is 5.27. The molecule has 3 aromatic rings. The summed E-state index contributed by atoms with van der Waals surface area (Å²) in [5, 5.41) is 21.2. The minimum absolute atomic E-state index is 0.0965. The molecular weight excluding hydrogens is 336 g/mol. The van der Waals surface area contributed by atoms with Gasteiger partial charge in [-0.1, -0.05) is 29.8 Å². The Hall–Kier alpha value is -2.93. The zero-order valence-corrected chi connectivity index (χ0v) is 14.7. The number of phenols is 1. The number of rotatable bonds is 5. The van der Waals surface area contributed by atoms with E-state index in [1.54, 1.807) is 29.1 Å². The van der Waals surface area contributed by atoms with Gasteiger partial charge in [0.15, 0.2) is 17.3 Å². The van der Waals surface area contributed by atoms with Crippen LogP contribution >= 0.6 is 12.2 Å². The summed E-state index contributed by atoms with van der Waals surface area (Å²) in [6, 6.07) is 13.0. The van der Waals surface area contributed by atoms with Crippen LogP contribution in [-0.2, 0) is 0 Å². The van der Waals surface area contributed by atoms with Gasteiger partial charge in [-0.2, -0.15) is 14.9 Å². The summed E-state index contributed by atoms with van der Waals surface area (Å²) < 4.78 is 7.35. The van der Waals surface area contributed by atoms with Crippen molar-refractivity contribution in [3.05, 3.63) is 58.4 Å². The number of hydrogen-bond acceptors (Lipinski definition) is 5. The molecule has 0 radical (unpaired) electrons. The third kappa shape index (κ3) is 3.77. The van der Waals surface area contributed by atoms with Crippen molar-refractivity contribution in [2.24, 2.45) is 5.10 Å². The molecule has 1 aromatic heterocycles. The molecule has 0 saturated heterocycles. The lowest BCUT2D eigenvalue weighted by Crippen LogP contribution is -1.96. The van der Waals surface area contributed by atoms with Crippen LogP contribution in [0.15, 0.2) is 47.6 Å². The molecule has 0 atom stereocenters. The highest BCUT2D eigenvalue weighted by Crippen LogP contribution is 2.26. The van der Waals surface area contributed by atoms with Gasteiger partial charge in [-0.15, -0.1) is 0 Å². The van der Waals surface area contributed by atoms with Gasteiger partial charge in [0.1, 0.15) is 0 Å². The molecule has 6 nitrogen and oxygen atoms in total. The molecule has 0 amide bonds. The highest BCUT2D eigenvalue weighted by Gasteiger charge is 2.08. The van der Waals surface area contributed by atoms with Gasteiger partial charge in [-0.3, -0.25) is 0 Å². The Kier molecular flexibility index (Phi) is 4.95. The lowest BCUT2D eigenvalue weighted by molar-refractivity contribution is 0.318. The third-order valence-corrected chi connectivity index (χ3v) is 3.83. The first-order valence-electron chi connectivity index (χ1n) is 7.83. The zero-order valence-electron chi connectivity index (χ0n) is 13.9. The van der Waals surface area contributed by atoms with Crippen LogP contribution in [-0.4, -0.2) is 32.8 Å². The maximum absolute atomic E-state index is 9.77. The molecule has 0 saturated carbocycles. The van der Waals surface area contributed by atoms with E-state index in [2.05, 4.69) is 15.3 Å². The van der Waals surface area contributed by atoms with Gasteiger partial charge >= 0.3 is 0 Å². The number of aromatic nitrogens is 3. The largest absolute Gasteiger partial charge is 0.504 e. The average molecular weight is 354 g/mol. The molecule has 0 aliphatic rings. The molecule has 0 aliphatic heterocycles. The lowest BCUT2D eigenvalue weighted by Gasteiger charge is -2.06. The van der Waals surface area contributed by atoms with Crippen molar-refractivity contribution in [1.82, 2.24) is 14.9 Å². The van der Waals surface area contributed by atoms with Gasteiger partial charge < -0.3 is 9.84 Å². The number of aromatic amines is 1. The Bertz CT molecular complexity index is 958. The highest BCUT2D eigenvalue weighted by molar-refractivity contribution is 7.71. The van der Waals surface area contributed by atoms with E-state index in [1.807, 2.05) is 38.1 Å². The molecule has 0 bridgehead atoms. The molecule has 0 unspecified atom stereocenters. The average Bonchev–Trinajstić information content (AvgIpc) is 2.97. The van der Waals surface area contributed by atoms with E-state index in [4.69, 9.17) is 17.0 Å². The van der Waals surface area contributed by atoms with Gasteiger partial charge in [-0.25, -0.2) is 5.10 Å². The molecule has 3 rings (SSSR count). The third-order valence-electron chi connectivity index (χ3n) is 3.57. The molecule has 1 heterocycles. The number of ether oxygens (including phenoxy) is 1. The fourth-order valence-electron chi connectivity index (χ4n) is 2.29. The van der Waals surface area contributed by atoms with E-state index in [0.29, 0.717) is 23.0 Å². The Morgan fingerprint density at radius 3 is 2.76 bits per heavy atom. The predicted molar refractivity (Wildman–Crippen MR) is 99.9 cm³/mol. The fourth-order valence-corrected chi connectivity index (χ4v) is 2.47. The second-order valence-corrected chi connectivity index (χ2v) is 5.82. The van der Waals surface area contributed by atoms with E-state index in [0.717, 1.165) is 11.1 Å². The van der Waals surface area contributed by atoms with E-state index < -0.39 is 0 Å². The first kappa shape index (κ1) is 16.9. The normalized spacial score (nSPS) is 11.1. The smallest absolute Gasteiger partial charge is 0.216 e. The van der Waals surface area contributed by atoms with Crippen molar-refractivity contribution in [2.45, 2.75) is 13.8 Å². The van der Waals surface area contributed by atoms with Crippen molar-refractivity contribution in [2.75, 3.05) is 6.61 Å². The molecule has 25 heavy (non-hydrogen) atoms. The Labute approximate surface area is 150 Å². The number of H-pyrrole nitrogens is 1. The molecule has 128 valence electrons. The first-order chi connectivity index (χ1) is 12.1. The van der Waals surface area contributed by atoms with Crippen molar-refractivity contribution >= 4 is 18.4 Å². The van der Waals surface area contributed by atoms with Gasteiger partial charge in [-0.05, 0) is 49.8 Å². The Balaban J connectivity index is 1.94. The maximum atomic E-state index is 9.77. The van der Waals surface area contributed by atoms with Crippen molar-refractivity contribution < 1.29 is 9.84 Å². The summed E-state index contributed by atoms with van der Waals surface area (Å²) in [6.07, 6.45) is 1.64. The molecular formula is C18H18N4O2S. The molecule has 7 heteroatoms. The second kappa shape index (κ2) is 7.31. The molecule has 0 spiro atoms. The predicted octanol–water partition coefficient (Wildman–Crippen LogP) is 3.90. The number of hydrogen-bond donors (Lipinski definition) is 2. The minimum atomic E-state index is 0.0965. The first-order valence-corrected chi connectivity index (χ1v) is 8.24. The standard InChI is InChI=1S/C18H18N4O2S/c1-3-24-16-10-13(6-9-15(16)23)11-19-22-17(20-21-18(22)25)14-7-4-12(2)5-8-14/h4-11,23H,3H2,1-2H3,(H,21,25)/b19-11-. The summed E-state index contributed by atoms with van der Waals surface area (Å²) in [4.78, 5) is 0. The van der Waals surface area contributed by atoms with Gasteiger partial charge in [0.05, 0.1) is 12.8 Å². The number of nitrogens with one attached hydrogen (secondary N) is 1. The summed E-state index contributed by atoms with van der Waals surface area (Å²) in [7, 11) is 0. The van der Waals surface area contributed by atoms with Crippen molar-refractivity contribution in [3.8, 4) is 22.9 Å². The highest BCUT2D eigenvalue weighted by atomic mass is 32.1. The van der Waals surface area contributed by atoms with E-state index in [9.17, 15) is 5.11 Å². The lowest BCUT2D eigenvalue weighted by atomic mass is 10.1.